The molecule has 0 amide bonds. The van der Waals surface area contributed by atoms with Crippen LogP contribution in [0.1, 0.15) is 0 Å². The second-order valence-electron chi connectivity index (χ2n) is 3.17. The Labute approximate surface area is 103 Å². The van der Waals surface area contributed by atoms with Gasteiger partial charge in [-0.3, -0.25) is 14.9 Å². The molecule has 88 valence electrons. The lowest BCUT2D eigenvalue weighted by Crippen LogP contribution is -2.10. The fraction of sp³-hybridized carbons (Fsp3) is 0.100. The summed E-state index contributed by atoms with van der Waals surface area (Å²) >= 11 is 3.18. The molecule has 0 radical (unpaired) electrons. The normalized spacial score (nSPS) is 10.5. The number of hydrogen-bond donors (Lipinski definition) is 0. The van der Waals surface area contributed by atoms with E-state index in [0.717, 1.165) is 0 Å². The van der Waals surface area contributed by atoms with Crippen LogP contribution in [0.2, 0.25) is 0 Å². The van der Waals surface area contributed by atoms with Gasteiger partial charge in [0.2, 0.25) is 0 Å². The monoisotopic (exact) mass is 299 g/mol. The van der Waals surface area contributed by atoms with Crippen molar-refractivity contribution in [1.82, 2.24) is 0 Å². The average molecular weight is 300 g/mol. The summed E-state index contributed by atoms with van der Waals surface area (Å²) in [6, 6.07) is 4.66. The Morgan fingerprint density at radius 3 is 2.76 bits per heavy atom. The van der Waals surface area contributed by atoms with Crippen molar-refractivity contribution in [2.75, 3.05) is 7.11 Å². The molecule has 17 heavy (non-hydrogen) atoms. The Morgan fingerprint density at radius 2 is 2.18 bits per heavy atom. The number of rotatable bonds is 2. The topological polar surface area (TPSA) is 82.6 Å². The first-order valence-corrected chi connectivity index (χ1v) is 5.28. The van der Waals surface area contributed by atoms with Crippen LogP contribution in [-0.2, 0) is 0 Å². The second-order valence-corrected chi connectivity index (χ2v) is 4.08. The van der Waals surface area contributed by atoms with Crippen molar-refractivity contribution in [3.8, 4) is 5.95 Å². The smallest absolute Gasteiger partial charge is 0.396 e. The van der Waals surface area contributed by atoms with Crippen LogP contribution in [0.3, 0.4) is 0 Å². The van der Waals surface area contributed by atoms with Crippen molar-refractivity contribution in [3.63, 3.8) is 0 Å². The van der Waals surface area contributed by atoms with Crippen LogP contribution in [0.5, 0.6) is 5.95 Å². The third-order valence-electron chi connectivity index (χ3n) is 2.17. The molecule has 0 saturated heterocycles. The van der Waals surface area contributed by atoms with Crippen molar-refractivity contribution in [2.45, 2.75) is 0 Å². The van der Waals surface area contributed by atoms with E-state index in [0.29, 0.717) is 4.47 Å². The second kappa shape index (κ2) is 4.17. The SMILES string of the molecule is COc1oc2ccc(Br)cc2c(=O)c1[N+](=O)[O-]. The summed E-state index contributed by atoms with van der Waals surface area (Å²) < 4.78 is 10.5. The van der Waals surface area contributed by atoms with E-state index >= 15 is 0 Å². The number of nitro groups is 1. The molecule has 1 heterocycles. The summed E-state index contributed by atoms with van der Waals surface area (Å²) in [5.41, 5.74) is -1.19. The van der Waals surface area contributed by atoms with Crippen LogP contribution >= 0.6 is 15.9 Å². The van der Waals surface area contributed by atoms with Gasteiger partial charge in [0.1, 0.15) is 5.58 Å². The van der Waals surface area contributed by atoms with Crippen LogP contribution in [0, 0.1) is 10.1 Å². The zero-order chi connectivity index (χ0) is 12.6. The molecule has 0 aliphatic heterocycles. The van der Waals surface area contributed by atoms with E-state index in [9.17, 15) is 14.9 Å². The van der Waals surface area contributed by atoms with E-state index in [1.165, 1.54) is 19.2 Å². The third-order valence-corrected chi connectivity index (χ3v) is 2.66. The molecule has 6 nitrogen and oxygen atoms in total. The van der Waals surface area contributed by atoms with Gasteiger partial charge >= 0.3 is 11.6 Å². The Balaban J connectivity index is 2.94. The number of ether oxygens (including phenoxy) is 1. The summed E-state index contributed by atoms with van der Waals surface area (Å²) in [6.07, 6.45) is 0. The highest BCUT2D eigenvalue weighted by atomic mass is 79.9. The lowest BCUT2D eigenvalue weighted by molar-refractivity contribution is -0.388. The Kier molecular flexibility index (Phi) is 2.84. The Bertz CT molecular complexity index is 664. The van der Waals surface area contributed by atoms with Gasteiger partial charge in [-0.1, -0.05) is 15.9 Å². The highest BCUT2D eigenvalue weighted by Crippen LogP contribution is 2.28. The maximum atomic E-state index is 11.9. The minimum atomic E-state index is -0.814. The van der Waals surface area contributed by atoms with E-state index in [-0.39, 0.29) is 11.0 Å². The molecule has 0 aliphatic rings. The predicted molar refractivity (Wildman–Crippen MR) is 63.4 cm³/mol. The number of hydrogen-bond acceptors (Lipinski definition) is 5. The summed E-state index contributed by atoms with van der Waals surface area (Å²) in [5, 5.41) is 10.9. The molecule has 7 heteroatoms. The van der Waals surface area contributed by atoms with Gasteiger partial charge in [-0.2, -0.15) is 0 Å². The van der Waals surface area contributed by atoms with E-state index in [2.05, 4.69) is 15.9 Å². The lowest BCUT2D eigenvalue weighted by atomic mass is 10.2. The molecule has 0 unspecified atom stereocenters. The van der Waals surface area contributed by atoms with Crippen molar-refractivity contribution in [1.29, 1.82) is 0 Å². The first kappa shape index (κ1) is 11.6. The van der Waals surface area contributed by atoms with E-state index in [1.54, 1.807) is 6.07 Å². The van der Waals surface area contributed by atoms with Crippen molar-refractivity contribution < 1.29 is 14.1 Å². The summed E-state index contributed by atoms with van der Waals surface area (Å²) in [6.45, 7) is 0. The van der Waals surface area contributed by atoms with Crippen LogP contribution < -0.4 is 10.2 Å². The quantitative estimate of drug-likeness (QED) is 0.628. The number of methoxy groups -OCH3 is 1. The molecule has 2 rings (SSSR count). The standard InChI is InChI=1S/C10H6BrNO5/c1-16-10-8(12(14)15)9(13)6-4-5(11)2-3-7(6)17-10/h2-4H,1H3. The molecule has 0 fully saturated rings. The predicted octanol–water partition coefficient (Wildman–Crippen LogP) is 2.47. The van der Waals surface area contributed by atoms with Gasteiger partial charge in [0.05, 0.1) is 17.4 Å². The van der Waals surface area contributed by atoms with Gasteiger partial charge in [-0.05, 0) is 18.2 Å². The van der Waals surface area contributed by atoms with Crippen molar-refractivity contribution >= 4 is 32.6 Å². The van der Waals surface area contributed by atoms with Gasteiger partial charge in [-0.25, -0.2) is 0 Å². The molecule has 0 saturated carbocycles. The third kappa shape index (κ3) is 1.89. The lowest BCUT2D eigenvalue weighted by Gasteiger charge is -2.02. The zero-order valence-corrected chi connectivity index (χ0v) is 10.2. The molecule has 0 aliphatic carbocycles. The van der Waals surface area contributed by atoms with Crippen LogP contribution in [0.4, 0.5) is 5.69 Å². The zero-order valence-electron chi connectivity index (χ0n) is 8.60. The average Bonchev–Trinajstić information content (AvgIpc) is 2.29. The minimum absolute atomic E-state index is 0.131. The Hall–Kier alpha value is -1.89. The highest BCUT2D eigenvalue weighted by molar-refractivity contribution is 9.10. The molecular formula is C10H6BrNO5. The molecule has 1 aromatic heterocycles. The number of nitrogens with zero attached hydrogens (tertiary/aromatic N) is 1. The minimum Gasteiger partial charge on any atom is -0.463 e. The molecule has 2 aromatic rings. The van der Waals surface area contributed by atoms with Crippen LogP contribution in [0.25, 0.3) is 11.0 Å². The molecule has 0 bridgehead atoms. The summed E-state index contributed by atoms with van der Waals surface area (Å²) in [4.78, 5) is 21.9. The van der Waals surface area contributed by atoms with Crippen molar-refractivity contribution in [2.24, 2.45) is 0 Å². The number of fused-ring (bicyclic) bond motifs is 1. The van der Waals surface area contributed by atoms with Gasteiger partial charge in [0, 0.05) is 4.47 Å². The Morgan fingerprint density at radius 1 is 1.47 bits per heavy atom. The first-order chi connectivity index (χ1) is 8.04. The molecule has 1 aromatic carbocycles. The largest absolute Gasteiger partial charge is 0.463 e. The van der Waals surface area contributed by atoms with Crippen molar-refractivity contribution in [3.05, 3.63) is 43.0 Å². The fourth-order valence-electron chi connectivity index (χ4n) is 1.43. The maximum absolute atomic E-state index is 11.9. The van der Waals surface area contributed by atoms with Gasteiger partial charge < -0.3 is 9.15 Å². The highest BCUT2D eigenvalue weighted by Gasteiger charge is 2.25. The van der Waals surface area contributed by atoms with E-state index in [4.69, 9.17) is 9.15 Å². The van der Waals surface area contributed by atoms with Gasteiger partial charge in [-0.15, -0.1) is 0 Å². The van der Waals surface area contributed by atoms with Gasteiger partial charge in [0.25, 0.3) is 5.43 Å². The number of benzene rings is 1. The maximum Gasteiger partial charge on any atom is 0.396 e. The number of halogens is 1. The van der Waals surface area contributed by atoms with Crippen LogP contribution in [0.15, 0.2) is 31.9 Å². The van der Waals surface area contributed by atoms with E-state index < -0.39 is 22.0 Å². The van der Waals surface area contributed by atoms with E-state index in [1.807, 2.05) is 0 Å². The molecule has 0 atom stereocenters. The summed E-state index contributed by atoms with van der Waals surface area (Å²) in [5.74, 6) is -0.394. The van der Waals surface area contributed by atoms with Crippen LogP contribution in [-0.4, -0.2) is 12.0 Å². The summed E-state index contributed by atoms with van der Waals surface area (Å²) in [7, 11) is 1.20. The molecule has 0 N–H and O–H groups in total. The van der Waals surface area contributed by atoms with Gasteiger partial charge in [0.15, 0.2) is 0 Å². The molecule has 0 spiro atoms. The first-order valence-electron chi connectivity index (χ1n) is 4.49. The fourth-order valence-corrected chi connectivity index (χ4v) is 1.79. The molecular weight excluding hydrogens is 294 g/mol.